The van der Waals surface area contributed by atoms with Gasteiger partial charge in [0.05, 0.1) is 0 Å². The van der Waals surface area contributed by atoms with Gasteiger partial charge >= 0.3 is 0 Å². The maximum Gasteiger partial charge on any atom is 0.132 e. The summed E-state index contributed by atoms with van der Waals surface area (Å²) in [6.45, 7) is 6.37. The Morgan fingerprint density at radius 3 is 2.94 bits per heavy atom. The average molecular weight is 248 g/mol. The van der Waals surface area contributed by atoms with Crippen LogP contribution in [0.25, 0.3) is 0 Å². The third-order valence-electron chi connectivity index (χ3n) is 3.69. The first-order valence-corrected chi connectivity index (χ1v) is 6.99. The fourth-order valence-electron chi connectivity index (χ4n) is 2.55. The van der Waals surface area contributed by atoms with E-state index in [1.807, 2.05) is 6.92 Å². The van der Waals surface area contributed by atoms with Crippen molar-refractivity contribution < 1.29 is 0 Å². The van der Waals surface area contributed by atoms with Crippen molar-refractivity contribution in [3.05, 3.63) is 17.6 Å². The van der Waals surface area contributed by atoms with Crippen LogP contribution in [0.3, 0.4) is 0 Å². The number of aryl methyl sites for hydroxylation is 2. The van der Waals surface area contributed by atoms with Crippen LogP contribution >= 0.6 is 0 Å². The molecule has 1 aromatic rings. The molecule has 1 atom stereocenters. The van der Waals surface area contributed by atoms with Gasteiger partial charge in [0.25, 0.3) is 0 Å². The Balaban J connectivity index is 2.15. The number of anilines is 1. The second-order valence-corrected chi connectivity index (χ2v) is 5.06. The molecule has 1 aromatic heterocycles. The molecule has 1 saturated heterocycles. The first-order chi connectivity index (χ1) is 8.70. The average Bonchev–Trinajstić information content (AvgIpc) is 2.65. The maximum absolute atomic E-state index is 4.58. The van der Waals surface area contributed by atoms with E-state index in [2.05, 4.69) is 40.2 Å². The lowest BCUT2D eigenvalue weighted by Gasteiger charge is -2.28. The predicted octanol–water partition coefficient (Wildman–Crippen LogP) is 1.93. The molecule has 1 unspecified atom stereocenters. The highest BCUT2D eigenvalue weighted by atomic mass is 15.2. The van der Waals surface area contributed by atoms with Gasteiger partial charge in [0.2, 0.25) is 0 Å². The lowest BCUT2D eigenvalue weighted by atomic mass is 10.1. The SMILES string of the molecule is CCc1cc(N(C)C2CCCNCC2)nc(C)n1. The largest absolute Gasteiger partial charge is 0.357 e. The van der Waals surface area contributed by atoms with Crippen molar-refractivity contribution >= 4 is 5.82 Å². The Morgan fingerprint density at radius 2 is 2.17 bits per heavy atom. The predicted molar refractivity (Wildman–Crippen MR) is 75.1 cm³/mol. The van der Waals surface area contributed by atoms with Gasteiger partial charge in [-0.2, -0.15) is 0 Å². The highest BCUT2D eigenvalue weighted by Crippen LogP contribution is 2.19. The van der Waals surface area contributed by atoms with Gasteiger partial charge in [0, 0.05) is 24.8 Å². The number of hydrogen-bond donors (Lipinski definition) is 1. The molecule has 4 nitrogen and oxygen atoms in total. The van der Waals surface area contributed by atoms with E-state index in [0.29, 0.717) is 6.04 Å². The molecule has 0 aliphatic carbocycles. The Labute approximate surface area is 110 Å². The Morgan fingerprint density at radius 1 is 1.33 bits per heavy atom. The Kier molecular flexibility index (Phi) is 4.53. The van der Waals surface area contributed by atoms with Gasteiger partial charge in [-0.25, -0.2) is 9.97 Å². The molecule has 1 aliphatic heterocycles. The van der Waals surface area contributed by atoms with Crippen molar-refractivity contribution in [1.29, 1.82) is 0 Å². The van der Waals surface area contributed by atoms with Crippen LogP contribution in [0.1, 0.15) is 37.7 Å². The van der Waals surface area contributed by atoms with Gasteiger partial charge < -0.3 is 10.2 Å². The van der Waals surface area contributed by atoms with E-state index >= 15 is 0 Å². The highest BCUT2D eigenvalue weighted by molar-refractivity contribution is 5.40. The maximum atomic E-state index is 4.58. The normalized spacial score (nSPS) is 20.5. The highest BCUT2D eigenvalue weighted by Gasteiger charge is 2.18. The van der Waals surface area contributed by atoms with Gasteiger partial charge in [-0.3, -0.25) is 0 Å². The molecule has 0 bridgehead atoms. The van der Waals surface area contributed by atoms with Crippen LogP contribution in [0.5, 0.6) is 0 Å². The smallest absolute Gasteiger partial charge is 0.132 e. The van der Waals surface area contributed by atoms with E-state index in [9.17, 15) is 0 Å². The summed E-state index contributed by atoms with van der Waals surface area (Å²) in [6.07, 6.45) is 4.66. The topological polar surface area (TPSA) is 41.0 Å². The van der Waals surface area contributed by atoms with E-state index in [0.717, 1.165) is 36.8 Å². The standard InChI is InChI=1S/C14H24N4/c1-4-12-10-14(17-11(2)16-12)18(3)13-6-5-8-15-9-7-13/h10,13,15H,4-9H2,1-3H3. The number of nitrogens with zero attached hydrogens (tertiary/aromatic N) is 3. The van der Waals surface area contributed by atoms with Crippen LogP contribution in [0.2, 0.25) is 0 Å². The zero-order chi connectivity index (χ0) is 13.0. The van der Waals surface area contributed by atoms with Crippen molar-refractivity contribution in [1.82, 2.24) is 15.3 Å². The van der Waals surface area contributed by atoms with E-state index in [1.165, 1.54) is 19.3 Å². The monoisotopic (exact) mass is 248 g/mol. The molecule has 1 N–H and O–H groups in total. The second-order valence-electron chi connectivity index (χ2n) is 5.06. The summed E-state index contributed by atoms with van der Waals surface area (Å²) in [6, 6.07) is 2.73. The minimum Gasteiger partial charge on any atom is -0.357 e. The summed E-state index contributed by atoms with van der Waals surface area (Å²) < 4.78 is 0. The van der Waals surface area contributed by atoms with Crippen LogP contribution in [-0.4, -0.2) is 36.1 Å². The first-order valence-electron chi connectivity index (χ1n) is 6.99. The molecule has 2 heterocycles. The molecule has 0 radical (unpaired) electrons. The molecular formula is C14H24N4. The molecule has 0 spiro atoms. The summed E-state index contributed by atoms with van der Waals surface area (Å²) >= 11 is 0. The van der Waals surface area contributed by atoms with E-state index < -0.39 is 0 Å². The minimum atomic E-state index is 0.596. The van der Waals surface area contributed by atoms with Crippen molar-refractivity contribution in [2.75, 3.05) is 25.0 Å². The lowest BCUT2D eigenvalue weighted by molar-refractivity contribution is 0.561. The first kappa shape index (κ1) is 13.3. The molecule has 0 aromatic carbocycles. The number of rotatable bonds is 3. The van der Waals surface area contributed by atoms with Gasteiger partial charge in [-0.05, 0) is 45.7 Å². The van der Waals surface area contributed by atoms with Crippen LogP contribution in [0.15, 0.2) is 6.07 Å². The quantitative estimate of drug-likeness (QED) is 0.887. The van der Waals surface area contributed by atoms with Crippen LogP contribution in [0, 0.1) is 6.92 Å². The summed E-state index contributed by atoms with van der Waals surface area (Å²) in [7, 11) is 2.16. The van der Waals surface area contributed by atoms with Gasteiger partial charge in [-0.15, -0.1) is 0 Å². The van der Waals surface area contributed by atoms with Crippen LogP contribution in [0.4, 0.5) is 5.82 Å². The van der Waals surface area contributed by atoms with E-state index in [-0.39, 0.29) is 0 Å². The third kappa shape index (κ3) is 3.19. The zero-order valence-corrected chi connectivity index (χ0v) is 11.7. The van der Waals surface area contributed by atoms with Crippen molar-refractivity contribution in [3.63, 3.8) is 0 Å². The third-order valence-corrected chi connectivity index (χ3v) is 3.69. The second kappa shape index (κ2) is 6.14. The van der Waals surface area contributed by atoms with Gasteiger partial charge in [-0.1, -0.05) is 6.92 Å². The lowest BCUT2D eigenvalue weighted by Crippen LogP contribution is -2.33. The van der Waals surface area contributed by atoms with E-state index in [4.69, 9.17) is 0 Å². The van der Waals surface area contributed by atoms with Crippen LogP contribution < -0.4 is 10.2 Å². The molecular weight excluding hydrogens is 224 g/mol. The summed E-state index contributed by atoms with van der Waals surface area (Å²) in [4.78, 5) is 11.4. The molecule has 4 heteroatoms. The molecule has 18 heavy (non-hydrogen) atoms. The Bertz CT molecular complexity index is 383. The van der Waals surface area contributed by atoms with E-state index in [1.54, 1.807) is 0 Å². The Hall–Kier alpha value is -1.16. The molecule has 100 valence electrons. The van der Waals surface area contributed by atoms with Gasteiger partial charge in [0.1, 0.15) is 11.6 Å². The number of aromatic nitrogens is 2. The van der Waals surface area contributed by atoms with Crippen molar-refractivity contribution in [2.24, 2.45) is 0 Å². The molecule has 1 aliphatic rings. The molecule has 0 saturated carbocycles. The fourth-order valence-corrected chi connectivity index (χ4v) is 2.55. The van der Waals surface area contributed by atoms with Gasteiger partial charge in [0.15, 0.2) is 0 Å². The summed E-state index contributed by atoms with van der Waals surface area (Å²) in [5.41, 5.74) is 1.14. The summed E-state index contributed by atoms with van der Waals surface area (Å²) in [5, 5.41) is 3.46. The number of hydrogen-bond acceptors (Lipinski definition) is 4. The molecule has 0 amide bonds. The zero-order valence-electron chi connectivity index (χ0n) is 11.7. The molecule has 1 fully saturated rings. The molecule has 2 rings (SSSR count). The number of nitrogens with one attached hydrogen (secondary N) is 1. The summed E-state index contributed by atoms with van der Waals surface area (Å²) in [5.74, 6) is 1.95. The van der Waals surface area contributed by atoms with Crippen molar-refractivity contribution in [3.8, 4) is 0 Å². The fraction of sp³-hybridized carbons (Fsp3) is 0.714. The minimum absolute atomic E-state index is 0.596. The van der Waals surface area contributed by atoms with Crippen LogP contribution in [-0.2, 0) is 6.42 Å². The van der Waals surface area contributed by atoms with Crippen molar-refractivity contribution in [2.45, 2.75) is 45.6 Å².